The molecule has 30 heavy (non-hydrogen) atoms. The summed E-state index contributed by atoms with van der Waals surface area (Å²) in [4.78, 5) is 25.4. The Kier molecular flexibility index (Phi) is 11.0. The zero-order valence-electron chi connectivity index (χ0n) is 16.6. The quantitative estimate of drug-likeness (QED) is 0.259. The van der Waals surface area contributed by atoms with Gasteiger partial charge in [0.25, 0.3) is 0 Å². The van der Waals surface area contributed by atoms with E-state index in [-0.39, 0.29) is 23.4 Å². The SMILES string of the molecule is O=C(CCSc1ccc(O)cc1)OCCCCOC(=O)CCSc1ccc(O)cc1. The maximum atomic E-state index is 11.7. The van der Waals surface area contributed by atoms with Crippen LogP contribution in [0.15, 0.2) is 58.3 Å². The topological polar surface area (TPSA) is 93.1 Å². The van der Waals surface area contributed by atoms with Gasteiger partial charge in [-0.15, -0.1) is 23.5 Å². The van der Waals surface area contributed by atoms with E-state index in [1.165, 1.54) is 23.5 Å². The number of phenols is 2. The van der Waals surface area contributed by atoms with Crippen LogP contribution in [0.2, 0.25) is 0 Å². The second kappa shape index (κ2) is 13.8. The van der Waals surface area contributed by atoms with Crippen LogP contribution in [0.4, 0.5) is 0 Å². The zero-order valence-corrected chi connectivity index (χ0v) is 18.3. The van der Waals surface area contributed by atoms with Gasteiger partial charge in [-0.1, -0.05) is 0 Å². The maximum Gasteiger partial charge on any atom is 0.306 e. The van der Waals surface area contributed by atoms with Gasteiger partial charge in [0, 0.05) is 21.3 Å². The van der Waals surface area contributed by atoms with Crippen molar-refractivity contribution in [3.63, 3.8) is 0 Å². The highest BCUT2D eigenvalue weighted by Gasteiger charge is 2.06. The molecule has 8 heteroatoms. The fourth-order valence-corrected chi connectivity index (χ4v) is 3.98. The number of esters is 2. The summed E-state index contributed by atoms with van der Waals surface area (Å²) < 4.78 is 10.3. The van der Waals surface area contributed by atoms with Gasteiger partial charge in [-0.3, -0.25) is 9.59 Å². The van der Waals surface area contributed by atoms with E-state index in [4.69, 9.17) is 9.47 Å². The van der Waals surface area contributed by atoms with Crippen molar-refractivity contribution in [1.29, 1.82) is 0 Å². The predicted octanol–water partition coefficient (Wildman–Crippen LogP) is 4.63. The summed E-state index contributed by atoms with van der Waals surface area (Å²) in [7, 11) is 0. The van der Waals surface area contributed by atoms with Crippen molar-refractivity contribution < 1.29 is 29.3 Å². The molecule has 162 valence electrons. The summed E-state index contributed by atoms with van der Waals surface area (Å²) in [5.74, 6) is 1.18. The summed E-state index contributed by atoms with van der Waals surface area (Å²) in [6, 6.07) is 13.7. The molecule has 0 aliphatic heterocycles. The highest BCUT2D eigenvalue weighted by Crippen LogP contribution is 2.22. The smallest absolute Gasteiger partial charge is 0.306 e. The molecule has 0 aromatic heterocycles. The van der Waals surface area contributed by atoms with Gasteiger partial charge in [0.05, 0.1) is 26.1 Å². The first-order chi connectivity index (χ1) is 14.5. The number of hydrogen-bond donors (Lipinski definition) is 2. The summed E-state index contributed by atoms with van der Waals surface area (Å²) in [6.45, 7) is 0.633. The Labute approximate surface area is 185 Å². The number of carbonyl (C=O) groups excluding carboxylic acids is 2. The van der Waals surface area contributed by atoms with Crippen molar-refractivity contribution in [1.82, 2.24) is 0 Å². The van der Waals surface area contributed by atoms with Crippen LogP contribution in [-0.2, 0) is 19.1 Å². The third-order valence-corrected chi connectivity index (χ3v) is 5.92. The van der Waals surface area contributed by atoms with Crippen LogP contribution in [0.1, 0.15) is 25.7 Å². The Morgan fingerprint density at radius 1 is 0.667 bits per heavy atom. The molecule has 6 nitrogen and oxygen atoms in total. The van der Waals surface area contributed by atoms with Gasteiger partial charge in [0.2, 0.25) is 0 Å². The summed E-state index contributed by atoms with van der Waals surface area (Å²) in [6.07, 6.45) is 1.93. The second-order valence-electron chi connectivity index (χ2n) is 6.33. The van der Waals surface area contributed by atoms with E-state index in [9.17, 15) is 19.8 Å². The number of carbonyl (C=O) groups is 2. The lowest BCUT2D eigenvalue weighted by molar-refractivity contribution is -0.145. The van der Waals surface area contributed by atoms with Gasteiger partial charge in [-0.2, -0.15) is 0 Å². The van der Waals surface area contributed by atoms with Gasteiger partial charge < -0.3 is 19.7 Å². The molecule has 0 saturated carbocycles. The molecular formula is C22H26O6S2. The number of thioether (sulfide) groups is 2. The number of benzene rings is 2. The number of ether oxygens (including phenoxy) is 2. The maximum absolute atomic E-state index is 11.7. The Morgan fingerprint density at radius 2 is 1.03 bits per heavy atom. The van der Waals surface area contributed by atoms with Crippen LogP contribution in [0, 0.1) is 0 Å². The van der Waals surface area contributed by atoms with Gasteiger partial charge in [0.1, 0.15) is 11.5 Å². The molecule has 0 aliphatic carbocycles. The lowest BCUT2D eigenvalue weighted by Crippen LogP contribution is -2.09. The van der Waals surface area contributed by atoms with Crippen LogP contribution in [0.5, 0.6) is 11.5 Å². The van der Waals surface area contributed by atoms with E-state index in [1.54, 1.807) is 48.5 Å². The summed E-state index contributed by atoms with van der Waals surface area (Å²) in [5.41, 5.74) is 0. The Balaban J connectivity index is 1.42. The molecule has 0 amide bonds. The average Bonchev–Trinajstić information content (AvgIpc) is 2.73. The standard InChI is InChI=1S/C22H26O6S2/c23-17-3-7-19(8-4-17)29-15-11-21(25)27-13-1-2-14-28-22(26)12-16-30-20-9-5-18(24)6-10-20/h3-10,23-24H,1-2,11-16H2. The molecule has 0 radical (unpaired) electrons. The predicted molar refractivity (Wildman–Crippen MR) is 118 cm³/mol. The van der Waals surface area contributed by atoms with E-state index < -0.39 is 0 Å². The van der Waals surface area contributed by atoms with Crippen molar-refractivity contribution >= 4 is 35.5 Å². The van der Waals surface area contributed by atoms with Crippen LogP contribution < -0.4 is 0 Å². The van der Waals surface area contributed by atoms with Gasteiger partial charge >= 0.3 is 11.9 Å². The first-order valence-electron chi connectivity index (χ1n) is 9.68. The van der Waals surface area contributed by atoms with Crippen LogP contribution in [0.3, 0.4) is 0 Å². The Morgan fingerprint density at radius 3 is 1.40 bits per heavy atom. The summed E-state index contributed by atoms with van der Waals surface area (Å²) >= 11 is 3.06. The highest BCUT2D eigenvalue weighted by atomic mass is 32.2. The van der Waals surface area contributed by atoms with Crippen molar-refractivity contribution in [3.8, 4) is 11.5 Å². The minimum absolute atomic E-state index is 0.220. The molecule has 0 unspecified atom stereocenters. The van der Waals surface area contributed by atoms with Gasteiger partial charge in [-0.05, 0) is 61.4 Å². The van der Waals surface area contributed by atoms with Crippen molar-refractivity contribution in [2.75, 3.05) is 24.7 Å². The fourth-order valence-electron chi connectivity index (χ4n) is 2.31. The molecule has 2 aromatic rings. The molecule has 0 aliphatic rings. The molecule has 2 aromatic carbocycles. The van der Waals surface area contributed by atoms with Crippen molar-refractivity contribution in [3.05, 3.63) is 48.5 Å². The normalized spacial score (nSPS) is 10.5. The molecular weight excluding hydrogens is 424 g/mol. The third kappa shape index (κ3) is 10.5. The molecule has 0 fully saturated rings. The molecule has 0 heterocycles. The third-order valence-electron chi connectivity index (χ3n) is 3.89. The molecule has 0 atom stereocenters. The Hall–Kier alpha value is -2.32. The molecule has 0 spiro atoms. The molecule has 0 bridgehead atoms. The molecule has 2 N–H and O–H groups in total. The van der Waals surface area contributed by atoms with Gasteiger partial charge in [0.15, 0.2) is 0 Å². The minimum Gasteiger partial charge on any atom is -0.508 e. The highest BCUT2D eigenvalue weighted by molar-refractivity contribution is 7.99. The van der Waals surface area contributed by atoms with E-state index >= 15 is 0 Å². The van der Waals surface area contributed by atoms with E-state index in [1.807, 2.05) is 0 Å². The number of unbranched alkanes of at least 4 members (excludes halogenated alkanes) is 1. The molecule has 2 rings (SSSR count). The average molecular weight is 451 g/mol. The monoisotopic (exact) mass is 450 g/mol. The van der Waals surface area contributed by atoms with Crippen molar-refractivity contribution in [2.45, 2.75) is 35.5 Å². The minimum atomic E-state index is -0.246. The van der Waals surface area contributed by atoms with E-state index in [2.05, 4.69) is 0 Å². The second-order valence-corrected chi connectivity index (χ2v) is 8.67. The first-order valence-corrected chi connectivity index (χ1v) is 11.6. The number of rotatable bonds is 13. The first kappa shape index (κ1) is 24.0. The van der Waals surface area contributed by atoms with Crippen LogP contribution in [0.25, 0.3) is 0 Å². The lowest BCUT2D eigenvalue weighted by Gasteiger charge is -2.07. The van der Waals surface area contributed by atoms with Crippen LogP contribution in [-0.4, -0.2) is 46.9 Å². The zero-order chi connectivity index (χ0) is 21.6. The Bertz CT molecular complexity index is 710. The largest absolute Gasteiger partial charge is 0.508 e. The number of phenolic OH excluding ortho intramolecular Hbond substituents is 2. The van der Waals surface area contributed by atoms with E-state index in [0.29, 0.717) is 50.4 Å². The van der Waals surface area contributed by atoms with Gasteiger partial charge in [-0.25, -0.2) is 0 Å². The fraction of sp³-hybridized carbons (Fsp3) is 0.364. The van der Waals surface area contributed by atoms with E-state index in [0.717, 1.165) is 9.79 Å². The number of aromatic hydroxyl groups is 2. The van der Waals surface area contributed by atoms with Crippen molar-refractivity contribution in [2.24, 2.45) is 0 Å². The molecule has 0 saturated heterocycles. The summed E-state index contributed by atoms with van der Waals surface area (Å²) in [5, 5.41) is 18.5. The van der Waals surface area contributed by atoms with Crippen LogP contribution >= 0.6 is 23.5 Å². The number of hydrogen-bond acceptors (Lipinski definition) is 8. The lowest BCUT2D eigenvalue weighted by atomic mass is 10.3.